The van der Waals surface area contributed by atoms with Gasteiger partial charge in [-0.2, -0.15) is 0 Å². The van der Waals surface area contributed by atoms with E-state index in [0.29, 0.717) is 11.4 Å². The predicted octanol–water partition coefficient (Wildman–Crippen LogP) is 5.57. The minimum atomic E-state index is -1.59. The molecule has 8 atom stereocenters. The lowest BCUT2D eigenvalue weighted by atomic mass is 9.89. The number of amides is 2. The number of fused-ring (bicyclic) bond motifs is 2. The van der Waals surface area contributed by atoms with Gasteiger partial charge in [-0.15, -0.1) is 0 Å². The van der Waals surface area contributed by atoms with E-state index in [1.54, 1.807) is 53.7 Å². The zero-order valence-corrected chi connectivity index (χ0v) is 45.1. The van der Waals surface area contributed by atoms with Gasteiger partial charge in [0, 0.05) is 42.9 Å². The number of H-pyrrole nitrogens is 3. The van der Waals surface area contributed by atoms with Gasteiger partial charge in [0.25, 0.3) is 11.8 Å². The lowest BCUT2D eigenvalue weighted by Crippen LogP contribution is -2.65. The van der Waals surface area contributed by atoms with Crippen LogP contribution in [0, 0.1) is 34.6 Å². The number of aromatic hydroxyl groups is 2. The van der Waals surface area contributed by atoms with Crippen LogP contribution in [0.15, 0.2) is 73.2 Å². The first-order valence-corrected chi connectivity index (χ1v) is 25.0. The van der Waals surface area contributed by atoms with E-state index < -0.39 is 118 Å². The molecular formula is C55H59N5O20. The molecule has 0 aliphatic carbocycles. The third-order valence-corrected chi connectivity index (χ3v) is 14.2. The zero-order valence-electron chi connectivity index (χ0n) is 45.1. The second kappa shape index (κ2) is 21.3. The molecule has 2 aromatic carbocycles. The Morgan fingerprint density at radius 2 is 1.00 bits per heavy atom. The molecule has 2 aliphatic heterocycles. The summed E-state index contributed by atoms with van der Waals surface area (Å²) in [5.74, 6) is -4.71. The molecule has 0 bridgehead atoms. The highest BCUT2D eigenvalue weighted by molar-refractivity contribution is 6.12. The summed E-state index contributed by atoms with van der Waals surface area (Å²) in [4.78, 5) is 89.0. The Labute approximate surface area is 454 Å². The second-order valence-corrected chi connectivity index (χ2v) is 20.5. The van der Waals surface area contributed by atoms with Gasteiger partial charge < -0.3 is 92.7 Å². The predicted molar refractivity (Wildman–Crippen MR) is 281 cm³/mol. The molecule has 0 saturated carbocycles. The van der Waals surface area contributed by atoms with Gasteiger partial charge in [0.1, 0.15) is 52.0 Å². The Morgan fingerprint density at radius 1 is 0.588 bits per heavy atom. The number of hydrogen-bond acceptors (Lipinski definition) is 20. The SMILES string of the molecule is COC1C(OC(=O)c2ccc(C)[nH]2)C(O)[C@H](Oc2ccc3c(O)c(NC(=O)c4c[nH]c(C(=O)Nc5c(O)c6ccc(O[C@H]7OC(C)(C)[C@H](OC)C(OC(=O)c8ccc(C)[nH]8)C7O)c(C)c6oc5=O)c4C)c(=O)oc3c2C)OC1(C)C. The summed E-state index contributed by atoms with van der Waals surface area (Å²) in [7, 11) is 2.76. The first kappa shape index (κ1) is 56.3. The van der Waals surface area contributed by atoms with Crippen LogP contribution in [-0.4, -0.2) is 134 Å². The summed E-state index contributed by atoms with van der Waals surface area (Å²) < 4.78 is 58.3. The molecule has 25 heteroatoms. The standard InChI is InChI=1S/C55H59N5O20/c1-21-12-16-29(57-21)48(67)77-42-38(63)52(79-54(6,7)44(42)71-10)73-31-18-14-26-36(61)34(50(69)75-40(26)24(31)4)59-46(65)28-20-56-33(23(28)3)47(66)60-35-37(62)27-15-19-32(25(5)41(27)76-51(35)70)74-53-39(64)43(45(72-11)55(8,9)80-53)78-49(68)30-17-13-22(2)58-30/h12-20,38-39,42-45,52-53,56-58,61-64H,1-11H3,(H,59,65)(H,60,66)/t38?,39?,42?,43?,44?,45-,52-,53+/m1/s1. The Morgan fingerprint density at radius 3 is 1.39 bits per heavy atom. The molecule has 25 nitrogen and oxygen atoms in total. The van der Waals surface area contributed by atoms with Crippen molar-refractivity contribution in [3.8, 4) is 23.0 Å². The van der Waals surface area contributed by atoms with Crippen molar-refractivity contribution in [3.63, 3.8) is 0 Å². The van der Waals surface area contributed by atoms with E-state index in [4.69, 9.17) is 46.7 Å². The third kappa shape index (κ3) is 10.2. The summed E-state index contributed by atoms with van der Waals surface area (Å²) in [6.07, 6.45) is -9.34. The second-order valence-electron chi connectivity index (χ2n) is 20.5. The van der Waals surface area contributed by atoms with Crippen LogP contribution in [0.25, 0.3) is 21.9 Å². The number of carbonyl (C=O) groups is 4. The van der Waals surface area contributed by atoms with Crippen molar-refractivity contribution < 1.29 is 86.3 Å². The van der Waals surface area contributed by atoms with Crippen LogP contribution in [0.5, 0.6) is 23.0 Å². The van der Waals surface area contributed by atoms with Gasteiger partial charge in [0.2, 0.25) is 12.6 Å². The number of anilines is 2. The summed E-state index contributed by atoms with van der Waals surface area (Å²) in [5, 5.41) is 50.4. The van der Waals surface area contributed by atoms with Crippen molar-refractivity contribution in [3.05, 3.63) is 126 Å². The molecule has 0 radical (unpaired) electrons. The third-order valence-electron chi connectivity index (χ3n) is 14.2. The molecule has 0 spiro atoms. The van der Waals surface area contributed by atoms with Crippen molar-refractivity contribution in [2.75, 3.05) is 24.9 Å². The number of aryl methyl sites for hydroxylation is 4. The van der Waals surface area contributed by atoms with E-state index in [1.165, 1.54) is 71.4 Å². The Hall–Kier alpha value is -8.46. The maximum absolute atomic E-state index is 13.7. The van der Waals surface area contributed by atoms with E-state index in [1.807, 2.05) is 0 Å². The van der Waals surface area contributed by atoms with Gasteiger partial charge in [-0.25, -0.2) is 19.2 Å². The number of benzene rings is 2. The topological polar surface area (TPSA) is 355 Å². The summed E-state index contributed by atoms with van der Waals surface area (Å²) in [5.41, 5.74) is -4.60. The fraction of sp³-hybridized carbons (Fsp3) is 0.382. The highest BCUT2D eigenvalue weighted by atomic mass is 16.7. The van der Waals surface area contributed by atoms with Gasteiger partial charge in [0.15, 0.2) is 47.3 Å². The number of rotatable bonds is 14. The van der Waals surface area contributed by atoms with E-state index in [2.05, 4.69) is 25.6 Å². The van der Waals surface area contributed by atoms with Crippen LogP contribution in [0.1, 0.15) is 97.6 Å². The minimum absolute atomic E-state index is 0.0247. The number of ether oxygens (including phenoxy) is 8. The molecule has 5 aromatic heterocycles. The maximum atomic E-state index is 13.7. The summed E-state index contributed by atoms with van der Waals surface area (Å²) in [6.45, 7) is 14.6. The van der Waals surface area contributed by atoms with Crippen LogP contribution in [0.3, 0.4) is 0 Å². The average molecular weight is 1110 g/mol. The van der Waals surface area contributed by atoms with E-state index >= 15 is 0 Å². The van der Waals surface area contributed by atoms with Crippen molar-refractivity contribution in [1.29, 1.82) is 0 Å². The number of esters is 2. The van der Waals surface area contributed by atoms with Crippen LogP contribution in [0.4, 0.5) is 11.4 Å². The number of aliphatic hydroxyl groups is 2. The largest absolute Gasteiger partial charge is 0.505 e. The van der Waals surface area contributed by atoms with Crippen molar-refractivity contribution in [2.24, 2.45) is 0 Å². The normalized spacial score (nSPS) is 22.4. The average Bonchev–Trinajstić information content (AvgIpc) is 4.22. The molecule has 80 heavy (non-hydrogen) atoms. The minimum Gasteiger partial charge on any atom is -0.505 e. The Kier molecular flexibility index (Phi) is 15.0. The summed E-state index contributed by atoms with van der Waals surface area (Å²) >= 11 is 0. The summed E-state index contributed by atoms with van der Waals surface area (Å²) in [6, 6.07) is 11.9. The first-order valence-electron chi connectivity index (χ1n) is 25.0. The molecular weight excluding hydrogens is 1050 g/mol. The quantitative estimate of drug-likeness (QED) is 0.0474. The zero-order chi connectivity index (χ0) is 58.0. The van der Waals surface area contributed by atoms with Gasteiger partial charge in [0.05, 0.1) is 27.5 Å². The fourth-order valence-corrected chi connectivity index (χ4v) is 10.0. The monoisotopic (exact) mass is 1110 g/mol. The molecule has 2 saturated heterocycles. The lowest BCUT2D eigenvalue weighted by molar-refractivity contribution is -0.305. The number of aliphatic hydroxyl groups excluding tert-OH is 2. The van der Waals surface area contributed by atoms with Crippen molar-refractivity contribution in [1.82, 2.24) is 15.0 Å². The van der Waals surface area contributed by atoms with Gasteiger partial charge in [-0.3, -0.25) is 9.59 Å². The first-order chi connectivity index (χ1) is 37.7. The number of nitrogens with one attached hydrogen (secondary N) is 5. The van der Waals surface area contributed by atoms with Crippen LogP contribution >= 0.6 is 0 Å². The molecule has 9 rings (SSSR count). The van der Waals surface area contributed by atoms with E-state index in [-0.39, 0.29) is 72.8 Å². The Bertz CT molecular complexity index is 3480. The maximum Gasteiger partial charge on any atom is 0.364 e. The van der Waals surface area contributed by atoms with Crippen molar-refractivity contribution >= 4 is 57.1 Å². The molecule has 5 unspecified atom stereocenters. The molecule has 9 N–H and O–H groups in total. The van der Waals surface area contributed by atoms with Gasteiger partial charge in [-0.1, -0.05) is 0 Å². The van der Waals surface area contributed by atoms with Crippen LogP contribution in [-0.2, 0) is 28.4 Å². The smallest absolute Gasteiger partial charge is 0.364 e. The van der Waals surface area contributed by atoms with Gasteiger partial charge >= 0.3 is 23.2 Å². The molecule has 2 fully saturated rings. The number of hydrogen-bond donors (Lipinski definition) is 9. The van der Waals surface area contributed by atoms with E-state index in [0.717, 1.165) is 6.20 Å². The molecule has 2 aliphatic rings. The molecule has 7 aromatic rings. The number of methoxy groups -OCH3 is 2. The van der Waals surface area contributed by atoms with Crippen LogP contribution in [0.2, 0.25) is 0 Å². The van der Waals surface area contributed by atoms with E-state index in [9.17, 15) is 49.2 Å². The number of aromatic nitrogens is 3. The molecule has 424 valence electrons. The highest BCUT2D eigenvalue weighted by Gasteiger charge is 2.55. The molecule has 2 amide bonds. The molecule has 7 heterocycles. The highest BCUT2D eigenvalue weighted by Crippen LogP contribution is 2.41. The number of aromatic amines is 3. The fourth-order valence-electron chi connectivity index (χ4n) is 10.0. The number of carbonyl (C=O) groups excluding carboxylic acids is 4. The lowest BCUT2D eigenvalue weighted by Gasteiger charge is -2.47. The van der Waals surface area contributed by atoms with Crippen LogP contribution < -0.4 is 31.4 Å². The van der Waals surface area contributed by atoms with Gasteiger partial charge in [-0.05, 0) is 116 Å². The van der Waals surface area contributed by atoms with Crippen molar-refractivity contribution in [2.45, 2.75) is 123 Å². The Balaban J connectivity index is 0.890.